The lowest BCUT2D eigenvalue weighted by atomic mass is 10.1. The lowest BCUT2D eigenvalue weighted by molar-refractivity contribution is -0.131. The number of thioether (sulfide) groups is 1. The molecule has 3 aliphatic heterocycles. The summed E-state index contributed by atoms with van der Waals surface area (Å²) in [6, 6.07) is 7.27. The van der Waals surface area contributed by atoms with Gasteiger partial charge in [0.15, 0.2) is 0 Å². The fourth-order valence-electron chi connectivity index (χ4n) is 4.46. The van der Waals surface area contributed by atoms with Crippen LogP contribution >= 0.6 is 11.8 Å². The lowest BCUT2D eigenvalue weighted by Gasteiger charge is -2.36. The van der Waals surface area contributed by atoms with Gasteiger partial charge in [-0.25, -0.2) is 9.97 Å². The fraction of sp³-hybridized carbons (Fsp3) is 0.435. The zero-order valence-electron chi connectivity index (χ0n) is 18.4. The Morgan fingerprint density at radius 3 is 2.39 bits per heavy atom. The van der Waals surface area contributed by atoms with Crippen LogP contribution in [-0.4, -0.2) is 89.1 Å². The average molecular weight is 467 g/mol. The van der Waals surface area contributed by atoms with Crippen LogP contribution in [0.2, 0.25) is 0 Å². The Morgan fingerprint density at radius 1 is 0.939 bits per heavy atom. The van der Waals surface area contributed by atoms with Gasteiger partial charge >= 0.3 is 0 Å². The zero-order valence-corrected chi connectivity index (χ0v) is 19.2. The van der Waals surface area contributed by atoms with Crippen LogP contribution in [0.4, 0.5) is 11.6 Å². The van der Waals surface area contributed by atoms with E-state index in [-0.39, 0.29) is 24.3 Å². The van der Waals surface area contributed by atoms with Crippen LogP contribution in [0.15, 0.2) is 41.6 Å². The van der Waals surface area contributed by atoms with E-state index in [1.165, 1.54) is 11.8 Å². The van der Waals surface area contributed by atoms with Gasteiger partial charge < -0.3 is 19.6 Å². The normalized spacial score (nSPS) is 18.5. The third kappa shape index (κ3) is 4.52. The number of fused-ring (bicyclic) bond motifs is 1. The van der Waals surface area contributed by atoms with E-state index in [9.17, 15) is 14.4 Å². The zero-order chi connectivity index (χ0) is 22.8. The van der Waals surface area contributed by atoms with E-state index < -0.39 is 0 Å². The number of anilines is 2. The topological polar surface area (TPSA) is 90.0 Å². The number of rotatable bonds is 4. The number of benzene rings is 1. The van der Waals surface area contributed by atoms with Crippen molar-refractivity contribution in [2.24, 2.45) is 0 Å². The first-order valence-electron chi connectivity index (χ1n) is 11.3. The summed E-state index contributed by atoms with van der Waals surface area (Å²) >= 11 is 1.45. The molecule has 1 aromatic heterocycles. The van der Waals surface area contributed by atoms with Crippen molar-refractivity contribution >= 4 is 41.1 Å². The Hall–Kier alpha value is -3.14. The first kappa shape index (κ1) is 21.7. The van der Waals surface area contributed by atoms with Crippen molar-refractivity contribution in [3.8, 4) is 0 Å². The highest BCUT2D eigenvalue weighted by molar-refractivity contribution is 8.00. The highest BCUT2D eigenvalue weighted by atomic mass is 32.2. The van der Waals surface area contributed by atoms with Crippen LogP contribution in [0.3, 0.4) is 0 Å². The molecular formula is C23H26N6O3S. The molecule has 2 fully saturated rings. The van der Waals surface area contributed by atoms with E-state index in [1.54, 1.807) is 34.3 Å². The number of piperazine rings is 1. The molecule has 2 aromatic rings. The number of nitrogens with zero attached hydrogens (tertiary/aromatic N) is 6. The third-order valence-corrected chi connectivity index (χ3v) is 7.35. The molecule has 0 aliphatic carbocycles. The highest BCUT2D eigenvalue weighted by Gasteiger charge is 2.31. The van der Waals surface area contributed by atoms with Gasteiger partial charge in [0.1, 0.15) is 6.54 Å². The molecule has 0 spiro atoms. The maximum Gasteiger partial charge on any atom is 0.253 e. The van der Waals surface area contributed by atoms with E-state index in [4.69, 9.17) is 0 Å². The fourth-order valence-corrected chi connectivity index (χ4v) is 5.37. The van der Waals surface area contributed by atoms with Crippen molar-refractivity contribution in [1.82, 2.24) is 19.8 Å². The summed E-state index contributed by atoms with van der Waals surface area (Å²) in [4.78, 5) is 55.4. The smallest absolute Gasteiger partial charge is 0.253 e. The standard InChI is InChI=1S/C23H26N6O3S/c30-20(26-10-12-28(13-11-26)23-24-6-3-7-25-23)15-29-18-14-17(22(32)27-8-1-2-9-27)4-5-19(18)33-16-21(29)31/h3-7,14H,1-2,8-13,15-16H2. The van der Waals surface area contributed by atoms with Crippen LogP contribution in [0.5, 0.6) is 0 Å². The molecule has 0 radical (unpaired) electrons. The number of hydrogen-bond acceptors (Lipinski definition) is 7. The minimum atomic E-state index is -0.108. The molecule has 0 atom stereocenters. The quantitative estimate of drug-likeness (QED) is 0.675. The molecule has 0 unspecified atom stereocenters. The number of hydrogen-bond donors (Lipinski definition) is 0. The van der Waals surface area contributed by atoms with Crippen LogP contribution in [-0.2, 0) is 9.59 Å². The molecule has 0 saturated carbocycles. The molecule has 2 saturated heterocycles. The summed E-state index contributed by atoms with van der Waals surface area (Å²) in [5.74, 6) is 0.744. The third-order valence-electron chi connectivity index (χ3n) is 6.30. The molecule has 3 aliphatic rings. The SMILES string of the molecule is O=C(CN1C(=O)CSc2ccc(C(=O)N3CCCC3)cc21)N1CCN(c2ncccn2)CC1. The number of likely N-dealkylation sites (tertiary alicyclic amines) is 1. The van der Waals surface area contributed by atoms with E-state index in [0.717, 1.165) is 30.8 Å². The van der Waals surface area contributed by atoms with Gasteiger partial charge in [-0.15, -0.1) is 11.8 Å². The Morgan fingerprint density at radius 2 is 1.67 bits per heavy atom. The summed E-state index contributed by atoms with van der Waals surface area (Å²) in [6.45, 7) is 3.91. The molecule has 3 amide bonds. The van der Waals surface area contributed by atoms with Gasteiger partial charge in [0.25, 0.3) is 5.91 Å². The summed E-state index contributed by atoms with van der Waals surface area (Å²) < 4.78 is 0. The van der Waals surface area contributed by atoms with E-state index in [1.807, 2.05) is 17.0 Å². The Kier molecular flexibility index (Phi) is 6.17. The van der Waals surface area contributed by atoms with Crippen molar-refractivity contribution in [1.29, 1.82) is 0 Å². The lowest BCUT2D eigenvalue weighted by Crippen LogP contribution is -2.52. The first-order valence-corrected chi connectivity index (χ1v) is 12.2. The predicted molar refractivity (Wildman–Crippen MR) is 125 cm³/mol. The van der Waals surface area contributed by atoms with Gasteiger partial charge in [0.05, 0.1) is 11.4 Å². The van der Waals surface area contributed by atoms with Crippen molar-refractivity contribution in [2.75, 3.05) is 61.4 Å². The van der Waals surface area contributed by atoms with Gasteiger partial charge in [-0.1, -0.05) is 0 Å². The molecule has 10 heteroatoms. The average Bonchev–Trinajstić information content (AvgIpc) is 3.41. The van der Waals surface area contributed by atoms with Crippen molar-refractivity contribution in [3.63, 3.8) is 0 Å². The van der Waals surface area contributed by atoms with Gasteiger partial charge in [-0.3, -0.25) is 14.4 Å². The van der Waals surface area contributed by atoms with Crippen molar-refractivity contribution < 1.29 is 14.4 Å². The summed E-state index contributed by atoms with van der Waals surface area (Å²) in [5, 5.41) is 0. The largest absolute Gasteiger partial charge is 0.339 e. The molecular weight excluding hydrogens is 440 g/mol. The second-order valence-electron chi connectivity index (χ2n) is 8.37. The molecule has 9 nitrogen and oxygen atoms in total. The summed E-state index contributed by atoms with van der Waals surface area (Å²) in [6.07, 6.45) is 5.46. The van der Waals surface area contributed by atoms with Crippen LogP contribution in [0, 0.1) is 0 Å². The second kappa shape index (κ2) is 9.38. The maximum atomic E-state index is 13.1. The van der Waals surface area contributed by atoms with E-state index >= 15 is 0 Å². The van der Waals surface area contributed by atoms with Gasteiger partial charge in [0.2, 0.25) is 17.8 Å². The Labute approximate surface area is 196 Å². The number of carbonyl (C=O) groups is 3. The Balaban J connectivity index is 1.28. The van der Waals surface area contributed by atoms with Crippen molar-refractivity contribution in [3.05, 3.63) is 42.2 Å². The molecule has 4 heterocycles. The minimum Gasteiger partial charge on any atom is -0.339 e. The Bertz CT molecular complexity index is 1050. The second-order valence-corrected chi connectivity index (χ2v) is 9.38. The van der Waals surface area contributed by atoms with Gasteiger partial charge in [-0.2, -0.15) is 0 Å². The number of carbonyl (C=O) groups excluding carboxylic acids is 3. The van der Waals surface area contributed by atoms with E-state index in [2.05, 4.69) is 14.9 Å². The van der Waals surface area contributed by atoms with E-state index in [0.29, 0.717) is 49.1 Å². The van der Waals surface area contributed by atoms with Gasteiger partial charge in [-0.05, 0) is 37.1 Å². The van der Waals surface area contributed by atoms with Crippen LogP contribution in [0.1, 0.15) is 23.2 Å². The van der Waals surface area contributed by atoms with Crippen LogP contribution < -0.4 is 9.80 Å². The summed E-state index contributed by atoms with van der Waals surface area (Å²) in [5.41, 5.74) is 1.23. The van der Waals surface area contributed by atoms with Crippen molar-refractivity contribution in [2.45, 2.75) is 17.7 Å². The molecule has 172 valence electrons. The monoisotopic (exact) mass is 466 g/mol. The number of amides is 3. The molecule has 33 heavy (non-hydrogen) atoms. The van der Waals surface area contributed by atoms with Crippen LogP contribution in [0.25, 0.3) is 0 Å². The first-order chi connectivity index (χ1) is 16.1. The summed E-state index contributed by atoms with van der Waals surface area (Å²) in [7, 11) is 0. The highest BCUT2D eigenvalue weighted by Crippen LogP contribution is 2.36. The molecule has 0 N–H and O–H groups in total. The maximum absolute atomic E-state index is 13.1. The molecule has 0 bridgehead atoms. The predicted octanol–water partition coefficient (Wildman–Crippen LogP) is 1.50. The van der Waals surface area contributed by atoms with Gasteiger partial charge in [0, 0.05) is 62.1 Å². The number of aromatic nitrogens is 2. The minimum absolute atomic E-state index is 0.0103. The molecule has 1 aromatic carbocycles. The molecule has 5 rings (SSSR count).